The Morgan fingerprint density at radius 1 is 1.50 bits per heavy atom. The van der Waals surface area contributed by atoms with Crippen molar-refractivity contribution >= 4 is 29.1 Å². The van der Waals surface area contributed by atoms with Gasteiger partial charge in [-0.05, 0) is 48.4 Å². The number of alkyl halides is 1. The Labute approximate surface area is 104 Å². The van der Waals surface area contributed by atoms with E-state index in [1.165, 1.54) is 0 Å². The Bertz CT molecular complexity index is 385. The molecule has 0 aliphatic heterocycles. The quantitative estimate of drug-likeness (QED) is 0.828. The second-order valence-electron chi connectivity index (χ2n) is 4.23. The number of carbonyl (C=O) groups is 1. The van der Waals surface area contributed by atoms with Crippen molar-refractivity contribution in [1.29, 1.82) is 0 Å². The Balaban J connectivity index is 1.84. The Morgan fingerprint density at radius 2 is 2.25 bits per heavy atom. The maximum atomic E-state index is 11.6. The summed E-state index contributed by atoms with van der Waals surface area (Å²) in [6, 6.07) is 3.13. The fraction of sp³-hybridized carbons (Fsp3) is 0.545. The van der Waals surface area contributed by atoms with Gasteiger partial charge in [0, 0.05) is 12.4 Å². The molecule has 0 unspecified atom stereocenters. The fourth-order valence-corrected chi connectivity index (χ4v) is 2.23. The summed E-state index contributed by atoms with van der Waals surface area (Å²) >= 11 is 11.3. The van der Waals surface area contributed by atoms with Gasteiger partial charge in [0.2, 0.25) is 0 Å². The van der Waals surface area contributed by atoms with Gasteiger partial charge in [-0.25, -0.2) is 0 Å². The van der Waals surface area contributed by atoms with Gasteiger partial charge >= 0.3 is 0 Å². The molecule has 1 fully saturated rings. The first kappa shape index (κ1) is 11.8. The summed E-state index contributed by atoms with van der Waals surface area (Å²) < 4.78 is 5.02. The lowest BCUT2D eigenvalue weighted by molar-refractivity contribution is 0.0916. The highest BCUT2D eigenvalue weighted by Gasteiger charge is 2.41. The topological polar surface area (TPSA) is 42.2 Å². The molecule has 0 atom stereocenters. The van der Waals surface area contributed by atoms with Gasteiger partial charge in [0.05, 0.1) is 0 Å². The van der Waals surface area contributed by atoms with Crippen LogP contribution in [0.1, 0.15) is 29.8 Å². The molecule has 5 heteroatoms. The molecule has 1 aliphatic carbocycles. The monoisotopic (exact) mass is 261 g/mol. The summed E-state index contributed by atoms with van der Waals surface area (Å²) in [7, 11) is 0. The molecular weight excluding hydrogens is 249 g/mol. The van der Waals surface area contributed by atoms with Gasteiger partial charge in [0.25, 0.3) is 5.91 Å². The normalized spacial score (nSPS) is 17.1. The maximum absolute atomic E-state index is 11.6. The smallest absolute Gasteiger partial charge is 0.287 e. The third kappa shape index (κ3) is 2.71. The number of rotatable bonds is 5. The molecule has 1 aliphatic rings. The van der Waals surface area contributed by atoms with Gasteiger partial charge in [-0.3, -0.25) is 4.79 Å². The van der Waals surface area contributed by atoms with E-state index in [2.05, 4.69) is 5.32 Å². The summed E-state index contributed by atoms with van der Waals surface area (Å²) in [5, 5.41) is 3.08. The third-order valence-corrected chi connectivity index (χ3v) is 3.39. The van der Waals surface area contributed by atoms with Gasteiger partial charge in [-0.2, -0.15) is 0 Å². The molecule has 16 heavy (non-hydrogen) atoms. The summed E-state index contributed by atoms with van der Waals surface area (Å²) in [5.41, 5.74) is 0.230. The number of halogens is 2. The molecule has 3 nitrogen and oxygen atoms in total. The van der Waals surface area contributed by atoms with E-state index >= 15 is 0 Å². The summed E-state index contributed by atoms with van der Waals surface area (Å²) in [6.45, 7) is 0.664. The molecule has 0 bridgehead atoms. The van der Waals surface area contributed by atoms with E-state index < -0.39 is 0 Å². The van der Waals surface area contributed by atoms with Crippen LogP contribution in [-0.2, 0) is 0 Å². The first-order valence-corrected chi connectivity index (χ1v) is 6.16. The molecule has 1 saturated carbocycles. The minimum Gasteiger partial charge on any atom is -0.440 e. The first-order valence-electron chi connectivity index (χ1n) is 5.25. The average molecular weight is 262 g/mol. The van der Waals surface area contributed by atoms with E-state index in [4.69, 9.17) is 27.6 Å². The average Bonchev–Trinajstić information content (AvgIpc) is 2.89. The van der Waals surface area contributed by atoms with Gasteiger partial charge in [0.15, 0.2) is 11.0 Å². The van der Waals surface area contributed by atoms with E-state index in [0.29, 0.717) is 12.4 Å². The molecule has 1 aromatic rings. The van der Waals surface area contributed by atoms with Crippen LogP contribution in [0.2, 0.25) is 5.22 Å². The number of nitrogens with one attached hydrogen (secondary N) is 1. The van der Waals surface area contributed by atoms with Crippen LogP contribution < -0.4 is 5.32 Å². The van der Waals surface area contributed by atoms with Crippen molar-refractivity contribution in [2.75, 3.05) is 12.4 Å². The van der Waals surface area contributed by atoms with Crippen LogP contribution in [0.5, 0.6) is 0 Å². The molecule has 0 radical (unpaired) electrons. The number of hydrogen-bond acceptors (Lipinski definition) is 2. The molecule has 0 aromatic carbocycles. The van der Waals surface area contributed by atoms with Crippen LogP contribution in [0.25, 0.3) is 0 Å². The molecule has 1 N–H and O–H groups in total. The zero-order valence-electron chi connectivity index (χ0n) is 8.76. The van der Waals surface area contributed by atoms with Crippen molar-refractivity contribution in [3.63, 3.8) is 0 Å². The van der Waals surface area contributed by atoms with Crippen molar-refractivity contribution in [1.82, 2.24) is 5.32 Å². The Kier molecular flexibility index (Phi) is 3.45. The highest BCUT2D eigenvalue weighted by atomic mass is 35.5. The lowest BCUT2D eigenvalue weighted by atomic mass is 10.0. The van der Waals surface area contributed by atoms with Crippen LogP contribution in [0.15, 0.2) is 16.5 Å². The largest absolute Gasteiger partial charge is 0.440 e. The van der Waals surface area contributed by atoms with E-state index in [1.54, 1.807) is 12.1 Å². The molecule has 0 saturated heterocycles. The van der Waals surface area contributed by atoms with E-state index in [-0.39, 0.29) is 22.3 Å². The van der Waals surface area contributed by atoms with Crippen molar-refractivity contribution in [3.8, 4) is 0 Å². The lowest BCUT2D eigenvalue weighted by Crippen LogP contribution is -2.30. The molecule has 1 amide bonds. The van der Waals surface area contributed by atoms with E-state index in [0.717, 1.165) is 19.3 Å². The lowest BCUT2D eigenvalue weighted by Gasteiger charge is -2.13. The molecule has 2 rings (SSSR count). The standard InChI is InChI=1S/C11H13Cl2NO2/c12-6-5-11(3-4-11)7-14-10(15)8-1-2-9(13)16-8/h1-2H,3-7H2,(H,14,15). The second-order valence-corrected chi connectivity index (χ2v) is 4.98. The number of amides is 1. The highest BCUT2D eigenvalue weighted by molar-refractivity contribution is 6.29. The fourth-order valence-electron chi connectivity index (χ4n) is 1.68. The van der Waals surface area contributed by atoms with Crippen molar-refractivity contribution < 1.29 is 9.21 Å². The number of carbonyl (C=O) groups excluding carboxylic acids is 1. The van der Waals surface area contributed by atoms with Gasteiger partial charge in [-0.15, -0.1) is 11.6 Å². The van der Waals surface area contributed by atoms with E-state index in [1.807, 2.05) is 0 Å². The van der Waals surface area contributed by atoms with E-state index in [9.17, 15) is 4.79 Å². The predicted octanol–water partition coefficient (Wildman–Crippen LogP) is 3.07. The van der Waals surface area contributed by atoms with Gasteiger partial charge < -0.3 is 9.73 Å². The Morgan fingerprint density at radius 3 is 2.75 bits per heavy atom. The molecule has 1 heterocycles. The van der Waals surface area contributed by atoms with Crippen molar-refractivity contribution in [2.24, 2.45) is 5.41 Å². The molecule has 0 spiro atoms. The number of furan rings is 1. The Hall–Kier alpha value is -0.670. The zero-order chi connectivity index (χ0) is 11.6. The van der Waals surface area contributed by atoms with Gasteiger partial charge in [0.1, 0.15) is 0 Å². The summed E-state index contributed by atoms with van der Waals surface area (Å²) in [6.07, 6.45) is 3.23. The summed E-state index contributed by atoms with van der Waals surface area (Å²) in [5.74, 6) is 0.682. The van der Waals surface area contributed by atoms with Crippen LogP contribution in [0.3, 0.4) is 0 Å². The predicted molar refractivity (Wildman–Crippen MR) is 63.1 cm³/mol. The molecular formula is C11H13Cl2NO2. The van der Waals surface area contributed by atoms with Crippen LogP contribution in [-0.4, -0.2) is 18.3 Å². The molecule has 1 aromatic heterocycles. The first-order chi connectivity index (χ1) is 7.65. The number of hydrogen-bond donors (Lipinski definition) is 1. The van der Waals surface area contributed by atoms with Crippen LogP contribution in [0, 0.1) is 5.41 Å². The van der Waals surface area contributed by atoms with Crippen LogP contribution >= 0.6 is 23.2 Å². The highest BCUT2D eigenvalue weighted by Crippen LogP contribution is 2.48. The maximum Gasteiger partial charge on any atom is 0.287 e. The molecule has 88 valence electrons. The second kappa shape index (κ2) is 4.68. The zero-order valence-corrected chi connectivity index (χ0v) is 10.3. The minimum absolute atomic E-state index is 0.215. The van der Waals surface area contributed by atoms with Crippen LogP contribution in [0.4, 0.5) is 0 Å². The minimum atomic E-state index is -0.215. The van der Waals surface area contributed by atoms with Crippen molar-refractivity contribution in [3.05, 3.63) is 23.1 Å². The third-order valence-electron chi connectivity index (χ3n) is 3.00. The van der Waals surface area contributed by atoms with Gasteiger partial charge in [-0.1, -0.05) is 0 Å². The SMILES string of the molecule is O=C(NCC1(CCCl)CC1)c1ccc(Cl)o1. The van der Waals surface area contributed by atoms with Crippen molar-refractivity contribution in [2.45, 2.75) is 19.3 Å². The summed E-state index contributed by atoms with van der Waals surface area (Å²) in [4.78, 5) is 11.6.